The van der Waals surface area contributed by atoms with Gasteiger partial charge in [0, 0.05) is 16.0 Å². The molecule has 1 heterocycles. The molecule has 0 saturated heterocycles. The molecule has 30 heavy (non-hydrogen) atoms. The van der Waals surface area contributed by atoms with Gasteiger partial charge in [0.05, 0.1) is 27.8 Å². The zero-order valence-electron chi connectivity index (χ0n) is 16.6. The van der Waals surface area contributed by atoms with E-state index in [2.05, 4.69) is 5.32 Å². The molecule has 0 unspecified atom stereocenters. The van der Waals surface area contributed by atoms with Crippen LogP contribution in [0.25, 0.3) is 22.2 Å². The van der Waals surface area contributed by atoms with Gasteiger partial charge < -0.3 is 5.32 Å². The maximum absolute atomic E-state index is 13.4. The van der Waals surface area contributed by atoms with Crippen LogP contribution < -0.4 is 5.32 Å². The predicted octanol–water partition coefficient (Wildman–Crippen LogP) is 7.01. The van der Waals surface area contributed by atoms with E-state index in [4.69, 9.17) is 28.2 Å². The molecule has 4 aromatic rings. The van der Waals surface area contributed by atoms with Crippen molar-refractivity contribution < 1.29 is 4.79 Å². The van der Waals surface area contributed by atoms with E-state index in [9.17, 15) is 4.79 Å². The third kappa shape index (κ3) is 3.91. The second kappa shape index (κ2) is 8.47. The van der Waals surface area contributed by atoms with Gasteiger partial charge in [0.2, 0.25) is 0 Å². The smallest absolute Gasteiger partial charge is 0.252 e. The highest BCUT2D eigenvalue weighted by atomic mass is 35.5. The van der Waals surface area contributed by atoms with Crippen LogP contribution in [-0.2, 0) is 0 Å². The topological polar surface area (TPSA) is 42.0 Å². The summed E-state index contributed by atoms with van der Waals surface area (Å²) in [5, 5.41) is 4.98. The summed E-state index contributed by atoms with van der Waals surface area (Å²) < 4.78 is 0. The molecule has 150 valence electrons. The van der Waals surface area contributed by atoms with Gasteiger partial charge >= 0.3 is 0 Å². The molecule has 0 radical (unpaired) electrons. The van der Waals surface area contributed by atoms with Crippen LogP contribution in [0.3, 0.4) is 0 Å². The van der Waals surface area contributed by atoms with Gasteiger partial charge in [-0.15, -0.1) is 0 Å². The minimum atomic E-state index is -0.145. The molecule has 5 heteroatoms. The lowest BCUT2D eigenvalue weighted by Gasteiger charge is -2.18. The maximum atomic E-state index is 13.4. The number of aromatic nitrogens is 1. The van der Waals surface area contributed by atoms with Crippen molar-refractivity contribution in [2.75, 3.05) is 0 Å². The Kier molecular flexibility index (Phi) is 5.76. The molecule has 0 fully saturated rings. The van der Waals surface area contributed by atoms with Gasteiger partial charge in [0.25, 0.3) is 5.91 Å². The molecule has 0 saturated carbocycles. The van der Waals surface area contributed by atoms with E-state index in [1.165, 1.54) is 0 Å². The molecule has 1 N–H and O–H groups in total. The van der Waals surface area contributed by atoms with Crippen molar-refractivity contribution in [3.63, 3.8) is 0 Å². The summed E-state index contributed by atoms with van der Waals surface area (Å²) in [6.07, 6.45) is 0. The number of nitrogens with one attached hydrogen (secondary N) is 1. The number of hydrogen-bond acceptors (Lipinski definition) is 2. The Bertz CT molecular complexity index is 1240. The van der Waals surface area contributed by atoms with Crippen molar-refractivity contribution in [1.29, 1.82) is 0 Å². The Hall–Kier alpha value is -2.88. The summed E-state index contributed by atoms with van der Waals surface area (Å²) in [6.45, 7) is 3.88. The summed E-state index contributed by atoms with van der Waals surface area (Å²) in [6, 6.07) is 22.7. The van der Waals surface area contributed by atoms with E-state index in [-0.39, 0.29) is 11.9 Å². The molecule has 3 nitrogen and oxygen atoms in total. The molecule has 0 bridgehead atoms. The molecule has 0 aliphatic carbocycles. The van der Waals surface area contributed by atoms with Crippen LogP contribution in [0.4, 0.5) is 0 Å². The number of carbonyl (C=O) groups excluding carboxylic acids is 1. The molecule has 4 rings (SSSR count). The Labute approximate surface area is 185 Å². The number of hydrogen-bond donors (Lipinski definition) is 1. The fourth-order valence-electron chi connectivity index (χ4n) is 3.64. The molecule has 1 amide bonds. The van der Waals surface area contributed by atoms with Crippen LogP contribution in [0.5, 0.6) is 0 Å². The first kappa shape index (κ1) is 20.4. The van der Waals surface area contributed by atoms with Crippen molar-refractivity contribution >= 4 is 40.0 Å². The minimum absolute atomic E-state index is 0.132. The fourth-order valence-corrected chi connectivity index (χ4v) is 4.14. The standard InChI is InChI=1S/C25H20Cl2N2O/c1-15-23(25(30)28-16(2)17-8-4-3-5-9-17)20-10-6-7-11-22(20)29-24(15)19-13-12-18(26)14-21(19)27/h3-14,16H,1-2H3,(H,28,30)/t16-/m0/s1. The normalized spacial score (nSPS) is 12.0. The van der Waals surface area contributed by atoms with Crippen LogP contribution in [-0.4, -0.2) is 10.9 Å². The van der Waals surface area contributed by atoms with Crippen molar-refractivity contribution in [2.24, 2.45) is 0 Å². The van der Waals surface area contributed by atoms with Gasteiger partial charge in [-0.1, -0.05) is 71.7 Å². The largest absolute Gasteiger partial charge is 0.345 e. The molecule has 0 aliphatic rings. The summed E-state index contributed by atoms with van der Waals surface area (Å²) in [7, 11) is 0. The lowest BCUT2D eigenvalue weighted by molar-refractivity contribution is 0.0941. The van der Waals surface area contributed by atoms with Crippen molar-refractivity contribution in [3.05, 3.63) is 99.5 Å². The van der Waals surface area contributed by atoms with Gasteiger partial charge in [-0.05, 0) is 49.2 Å². The highest BCUT2D eigenvalue weighted by Crippen LogP contribution is 2.35. The van der Waals surface area contributed by atoms with E-state index in [1.807, 2.05) is 74.5 Å². The van der Waals surface area contributed by atoms with E-state index in [1.54, 1.807) is 12.1 Å². The Morgan fingerprint density at radius 3 is 2.40 bits per heavy atom. The first-order valence-corrected chi connectivity index (χ1v) is 10.4. The van der Waals surface area contributed by atoms with Crippen LogP contribution in [0.1, 0.15) is 34.5 Å². The minimum Gasteiger partial charge on any atom is -0.345 e. The van der Waals surface area contributed by atoms with E-state index < -0.39 is 0 Å². The maximum Gasteiger partial charge on any atom is 0.252 e. The zero-order valence-corrected chi connectivity index (χ0v) is 18.1. The zero-order chi connectivity index (χ0) is 21.3. The average molecular weight is 435 g/mol. The first-order valence-electron chi connectivity index (χ1n) is 9.66. The predicted molar refractivity (Wildman–Crippen MR) is 124 cm³/mol. The quantitative estimate of drug-likeness (QED) is 0.375. The Morgan fingerprint density at radius 2 is 1.67 bits per heavy atom. The van der Waals surface area contributed by atoms with Crippen LogP contribution in [0.2, 0.25) is 10.0 Å². The number of fused-ring (bicyclic) bond motifs is 1. The lowest BCUT2D eigenvalue weighted by Crippen LogP contribution is -2.27. The number of para-hydroxylation sites is 1. The summed E-state index contributed by atoms with van der Waals surface area (Å²) in [5.41, 5.74) is 4.58. The van der Waals surface area contributed by atoms with Gasteiger partial charge in [-0.2, -0.15) is 0 Å². The number of amides is 1. The SMILES string of the molecule is Cc1c(-c2ccc(Cl)cc2Cl)nc2ccccc2c1C(=O)N[C@@H](C)c1ccccc1. The summed E-state index contributed by atoms with van der Waals surface area (Å²) in [5.74, 6) is -0.145. The monoisotopic (exact) mass is 434 g/mol. The average Bonchev–Trinajstić information content (AvgIpc) is 2.74. The lowest BCUT2D eigenvalue weighted by atomic mass is 9.96. The number of nitrogens with zero attached hydrogens (tertiary/aromatic N) is 1. The number of rotatable bonds is 4. The third-order valence-electron chi connectivity index (χ3n) is 5.20. The fraction of sp³-hybridized carbons (Fsp3) is 0.120. The van der Waals surface area contributed by atoms with Gasteiger partial charge in [0.15, 0.2) is 0 Å². The van der Waals surface area contributed by atoms with Crippen LogP contribution in [0.15, 0.2) is 72.8 Å². The summed E-state index contributed by atoms with van der Waals surface area (Å²) >= 11 is 12.5. The van der Waals surface area contributed by atoms with E-state index in [0.29, 0.717) is 21.3 Å². The molecule has 1 aromatic heterocycles. The molecular weight excluding hydrogens is 415 g/mol. The number of pyridine rings is 1. The van der Waals surface area contributed by atoms with E-state index >= 15 is 0 Å². The molecule has 3 aromatic carbocycles. The van der Waals surface area contributed by atoms with Gasteiger partial charge in [-0.3, -0.25) is 4.79 Å². The molecular formula is C25H20Cl2N2O. The first-order chi connectivity index (χ1) is 14.5. The van der Waals surface area contributed by atoms with Gasteiger partial charge in [0.1, 0.15) is 0 Å². The van der Waals surface area contributed by atoms with Crippen molar-refractivity contribution in [1.82, 2.24) is 10.3 Å². The Morgan fingerprint density at radius 1 is 0.967 bits per heavy atom. The Balaban J connectivity index is 1.84. The molecule has 1 atom stereocenters. The number of halogens is 2. The number of carbonyl (C=O) groups is 1. The van der Waals surface area contributed by atoms with Crippen LogP contribution in [0, 0.1) is 6.92 Å². The molecule has 0 aliphatic heterocycles. The van der Waals surface area contributed by atoms with Gasteiger partial charge in [-0.25, -0.2) is 4.98 Å². The summed E-state index contributed by atoms with van der Waals surface area (Å²) in [4.78, 5) is 18.2. The highest BCUT2D eigenvalue weighted by molar-refractivity contribution is 6.36. The van der Waals surface area contributed by atoms with Crippen molar-refractivity contribution in [3.8, 4) is 11.3 Å². The van der Waals surface area contributed by atoms with Crippen molar-refractivity contribution in [2.45, 2.75) is 19.9 Å². The number of benzene rings is 3. The molecule has 0 spiro atoms. The second-order valence-corrected chi connectivity index (χ2v) is 8.05. The third-order valence-corrected chi connectivity index (χ3v) is 5.74. The second-order valence-electron chi connectivity index (χ2n) is 7.21. The highest BCUT2D eigenvalue weighted by Gasteiger charge is 2.21. The van der Waals surface area contributed by atoms with Crippen LogP contribution >= 0.6 is 23.2 Å². The van der Waals surface area contributed by atoms with E-state index in [0.717, 1.165) is 27.6 Å².